The molecule has 2 rings (SSSR count). The lowest BCUT2D eigenvalue weighted by Crippen LogP contribution is -2.40. The number of nitrogens with zero attached hydrogens (tertiary/aromatic N) is 1. The molecule has 8 heteroatoms. The average molecular weight is 445 g/mol. The zero-order valence-electron chi connectivity index (χ0n) is 13.2. The Labute approximate surface area is 150 Å². The Morgan fingerprint density at radius 3 is 2.59 bits per heavy atom. The van der Waals surface area contributed by atoms with Crippen LogP contribution in [0.1, 0.15) is 25.7 Å². The maximum atomic E-state index is 11.4. The Balaban J connectivity index is 0.00000242. The first kappa shape index (κ1) is 20.0. The van der Waals surface area contributed by atoms with Crippen molar-refractivity contribution in [2.45, 2.75) is 25.7 Å². The molecular weight excluding hydrogens is 417 g/mol. The van der Waals surface area contributed by atoms with E-state index in [-0.39, 0.29) is 29.9 Å². The first-order chi connectivity index (χ1) is 10.1. The van der Waals surface area contributed by atoms with Gasteiger partial charge in [0.25, 0.3) is 0 Å². The fraction of sp³-hybridized carbons (Fsp3) is 0.929. The fourth-order valence-corrected chi connectivity index (χ4v) is 4.27. The van der Waals surface area contributed by atoms with E-state index in [2.05, 4.69) is 15.6 Å². The zero-order valence-corrected chi connectivity index (χ0v) is 16.4. The number of guanidine groups is 1. The summed E-state index contributed by atoms with van der Waals surface area (Å²) in [5, 5.41) is 6.43. The molecule has 1 saturated carbocycles. The summed E-state index contributed by atoms with van der Waals surface area (Å²) in [6, 6.07) is 0. The lowest BCUT2D eigenvalue weighted by molar-refractivity contribution is 0.123. The Bertz CT molecular complexity index is 452. The molecule has 6 nitrogen and oxygen atoms in total. The molecule has 0 bridgehead atoms. The van der Waals surface area contributed by atoms with Gasteiger partial charge in [-0.1, -0.05) is 0 Å². The van der Waals surface area contributed by atoms with Crippen molar-refractivity contribution >= 4 is 39.8 Å². The molecule has 1 aliphatic heterocycles. The van der Waals surface area contributed by atoms with Gasteiger partial charge < -0.3 is 15.4 Å². The van der Waals surface area contributed by atoms with Gasteiger partial charge in [-0.3, -0.25) is 4.99 Å². The van der Waals surface area contributed by atoms with E-state index >= 15 is 0 Å². The minimum absolute atomic E-state index is 0. The quantitative estimate of drug-likeness (QED) is 0.253. The van der Waals surface area contributed by atoms with Crippen LogP contribution in [-0.2, 0) is 14.6 Å². The summed E-state index contributed by atoms with van der Waals surface area (Å²) in [7, 11) is -1.07. The monoisotopic (exact) mass is 445 g/mol. The van der Waals surface area contributed by atoms with Crippen molar-refractivity contribution in [1.29, 1.82) is 0 Å². The number of halogens is 1. The number of hydrogen-bond acceptors (Lipinski definition) is 4. The SMILES string of the molecule is CN=C(NCCCOCC1CC1)NCC1CCS(=O)(=O)C1.I. The lowest BCUT2D eigenvalue weighted by atomic mass is 10.1. The van der Waals surface area contributed by atoms with E-state index in [0.717, 1.165) is 44.5 Å². The maximum absolute atomic E-state index is 11.4. The van der Waals surface area contributed by atoms with Crippen LogP contribution in [0.15, 0.2) is 4.99 Å². The van der Waals surface area contributed by atoms with Gasteiger partial charge in [0.2, 0.25) is 0 Å². The van der Waals surface area contributed by atoms with Crippen LogP contribution < -0.4 is 10.6 Å². The Morgan fingerprint density at radius 1 is 1.23 bits per heavy atom. The molecule has 130 valence electrons. The summed E-state index contributed by atoms with van der Waals surface area (Å²) in [5.74, 6) is 2.38. The summed E-state index contributed by atoms with van der Waals surface area (Å²) >= 11 is 0. The largest absolute Gasteiger partial charge is 0.381 e. The highest BCUT2D eigenvalue weighted by Gasteiger charge is 2.27. The molecule has 0 spiro atoms. The van der Waals surface area contributed by atoms with Gasteiger partial charge >= 0.3 is 0 Å². The molecule has 1 aliphatic carbocycles. The van der Waals surface area contributed by atoms with Gasteiger partial charge in [0.1, 0.15) is 0 Å². The smallest absolute Gasteiger partial charge is 0.190 e. The first-order valence-electron chi connectivity index (χ1n) is 7.82. The van der Waals surface area contributed by atoms with Gasteiger partial charge in [0.05, 0.1) is 11.5 Å². The third-order valence-corrected chi connectivity index (χ3v) is 5.75. The standard InChI is InChI=1S/C14H27N3O3S.HI/c1-15-14(16-6-2-7-20-10-12-3-4-12)17-9-13-5-8-21(18,19)11-13;/h12-13H,2-11H2,1H3,(H2,15,16,17);1H. The third kappa shape index (κ3) is 7.96. The van der Waals surface area contributed by atoms with E-state index in [1.165, 1.54) is 12.8 Å². The molecule has 1 unspecified atom stereocenters. The second kappa shape index (κ2) is 9.92. The fourth-order valence-electron chi connectivity index (χ4n) is 2.41. The van der Waals surface area contributed by atoms with Gasteiger partial charge in [-0.25, -0.2) is 8.42 Å². The average Bonchev–Trinajstić information content (AvgIpc) is 3.20. The Morgan fingerprint density at radius 2 is 2.00 bits per heavy atom. The topological polar surface area (TPSA) is 79.8 Å². The van der Waals surface area contributed by atoms with Gasteiger partial charge in [-0.05, 0) is 37.5 Å². The molecule has 2 aliphatic rings. The normalized spacial score (nSPS) is 23.9. The van der Waals surface area contributed by atoms with Crippen LogP contribution in [0.3, 0.4) is 0 Å². The lowest BCUT2D eigenvalue weighted by Gasteiger charge is -2.14. The van der Waals surface area contributed by atoms with Crippen LogP contribution in [0.25, 0.3) is 0 Å². The molecule has 22 heavy (non-hydrogen) atoms. The molecule has 2 fully saturated rings. The van der Waals surface area contributed by atoms with Crippen molar-refractivity contribution < 1.29 is 13.2 Å². The van der Waals surface area contributed by atoms with Crippen molar-refractivity contribution in [3.63, 3.8) is 0 Å². The maximum Gasteiger partial charge on any atom is 0.190 e. The molecule has 0 aromatic carbocycles. The Hall–Kier alpha value is -0.0900. The van der Waals surface area contributed by atoms with Gasteiger partial charge in [-0.15, -0.1) is 24.0 Å². The number of nitrogens with one attached hydrogen (secondary N) is 2. The molecule has 2 N–H and O–H groups in total. The third-order valence-electron chi connectivity index (χ3n) is 3.92. The molecule has 1 heterocycles. The van der Waals surface area contributed by atoms with Crippen LogP contribution in [0.5, 0.6) is 0 Å². The summed E-state index contributed by atoms with van der Waals surface area (Å²) in [5.41, 5.74) is 0. The van der Waals surface area contributed by atoms with E-state index in [4.69, 9.17) is 4.74 Å². The van der Waals surface area contributed by atoms with Gasteiger partial charge in [0.15, 0.2) is 15.8 Å². The number of hydrogen-bond donors (Lipinski definition) is 2. The first-order valence-corrected chi connectivity index (χ1v) is 9.64. The Kier molecular flexibility index (Phi) is 9.00. The number of rotatable bonds is 8. The minimum atomic E-state index is -2.80. The van der Waals surface area contributed by atoms with Crippen molar-refractivity contribution in [3.05, 3.63) is 0 Å². The second-order valence-electron chi connectivity index (χ2n) is 6.02. The molecule has 0 aromatic heterocycles. The predicted molar refractivity (Wildman–Crippen MR) is 99.7 cm³/mol. The number of aliphatic imine (C=N–C) groups is 1. The van der Waals surface area contributed by atoms with E-state index in [1.54, 1.807) is 7.05 Å². The van der Waals surface area contributed by atoms with E-state index in [9.17, 15) is 8.42 Å². The van der Waals surface area contributed by atoms with Crippen LogP contribution >= 0.6 is 24.0 Å². The highest BCUT2D eigenvalue weighted by Crippen LogP contribution is 2.28. The highest BCUT2D eigenvalue weighted by molar-refractivity contribution is 14.0. The number of ether oxygens (including phenoxy) is 1. The molecule has 0 radical (unpaired) electrons. The summed E-state index contributed by atoms with van der Waals surface area (Å²) < 4.78 is 28.4. The summed E-state index contributed by atoms with van der Waals surface area (Å²) in [6.07, 6.45) is 4.35. The zero-order chi connectivity index (χ0) is 15.1. The minimum Gasteiger partial charge on any atom is -0.381 e. The van der Waals surface area contributed by atoms with Crippen molar-refractivity contribution in [2.75, 3.05) is 44.9 Å². The van der Waals surface area contributed by atoms with Crippen LogP contribution in [-0.4, -0.2) is 59.2 Å². The summed E-state index contributed by atoms with van der Waals surface area (Å²) in [6.45, 7) is 3.16. The highest BCUT2D eigenvalue weighted by atomic mass is 127. The van der Waals surface area contributed by atoms with Crippen molar-refractivity contribution in [2.24, 2.45) is 16.8 Å². The predicted octanol–water partition coefficient (Wildman–Crippen LogP) is 1.02. The van der Waals surface area contributed by atoms with Gasteiger partial charge in [-0.2, -0.15) is 0 Å². The van der Waals surface area contributed by atoms with E-state index < -0.39 is 9.84 Å². The van der Waals surface area contributed by atoms with Gasteiger partial charge in [0, 0.05) is 33.4 Å². The second-order valence-corrected chi connectivity index (χ2v) is 8.25. The van der Waals surface area contributed by atoms with Crippen LogP contribution in [0, 0.1) is 11.8 Å². The molecule has 0 amide bonds. The van der Waals surface area contributed by atoms with Crippen molar-refractivity contribution in [1.82, 2.24) is 10.6 Å². The molecule has 0 aromatic rings. The summed E-state index contributed by atoms with van der Waals surface area (Å²) in [4.78, 5) is 4.15. The molecule has 1 saturated heterocycles. The van der Waals surface area contributed by atoms with E-state index in [0.29, 0.717) is 18.1 Å². The van der Waals surface area contributed by atoms with E-state index in [1.807, 2.05) is 0 Å². The molecular formula is C14H28IN3O3S. The van der Waals surface area contributed by atoms with Crippen molar-refractivity contribution in [3.8, 4) is 0 Å². The number of sulfone groups is 1. The van der Waals surface area contributed by atoms with Crippen LogP contribution in [0.4, 0.5) is 0 Å². The molecule has 1 atom stereocenters. The van der Waals surface area contributed by atoms with Crippen LogP contribution in [0.2, 0.25) is 0 Å².